The number of nitrogens with zero attached hydrogens (tertiary/aromatic N) is 2. The van der Waals surface area contributed by atoms with Crippen LogP contribution in [0.5, 0.6) is 0 Å². The number of carbonyl (C=O) groups excluding carboxylic acids is 2. The van der Waals surface area contributed by atoms with Crippen LogP contribution in [0.2, 0.25) is 0 Å². The number of nitrogens with one attached hydrogen (secondary N) is 1. The molecule has 0 unspecified atom stereocenters. The van der Waals surface area contributed by atoms with Gasteiger partial charge in [0.2, 0.25) is 5.91 Å². The van der Waals surface area contributed by atoms with Crippen molar-refractivity contribution in [1.82, 2.24) is 14.8 Å². The summed E-state index contributed by atoms with van der Waals surface area (Å²) in [5.74, 6) is 1.30. The topological polar surface area (TPSA) is 67.5 Å². The second-order valence-corrected chi connectivity index (χ2v) is 10.6. The summed E-state index contributed by atoms with van der Waals surface area (Å²) in [6, 6.07) is 17.8. The van der Waals surface area contributed by atoms with Gasteiger partial charge in [-0.2, -0.15) is 0 Å². The van der Waals surface area contributed by atoms with Crippen molar-refractivity contribution in [3.63, 3.8) is 0 Å². The molecule has 1 N–H and O–H groups in total. The number of rotatable bonds is 6. The van der Waals surface area contributed by atoms with E-state index in [1.54, 1.807) is 11.2 Å². The molecule has 35 heavy (non-hydrogen) atoms. The molecular formula is C29H35N3O3. The van der Waals surface area contributed by atoms with Gasteiger partial charge in [0.1, 0.15) is 17.0 Å². The van der Waals surface area contributed by atoms with Crippen LogP contribution in [0.25, 0.3) is 11.5 Å². The molecule has 2 aromatic heterocycles. The first-order valence-corrected chi connectivity index (χ1v) is 12.8. The number of benzene rings is 1. The van der Waals surface area contributed by atoms with Crippen molar-refractivity contribution >= 4 is 11.8 Å². The zero-order valence-corrected chi connectivity index (χ0v) is 20.9. The van der Waals surface area contributed by atoms with Gasteiger partial charge >= 0.3 is 0 Å². The molecular weight excluding hydrogens is 438 g/mol. The standard InChI is InChI=1S/C29H35N3O3/c1-20-11-13-23(14-12-20)30-28(34)29(3)19-31-24(26-10-7-17-35-26)15-16-25(31)27(33)32(29)18-21(2)22-8-5-4-6-9-22/h4-10,15-17,20-21,23H,11-14,18-19H2,1-3H3,(H,30,34)/t20?,21-,23?,29-/m0/s1. The summed E-state index contributed by atoms with van der Waals surface area (Å²) in [5.41, 5.74) is 1.55. The van der Waals surface area contributed by atoms with Crippen LogP contribution in [0.1, 0.15) is 68.4 Å². The molecule has 0 spiro atoms. The Bertz CT molecular complexity index is 1180. The van der Waals surface area contributed by atoms with E-state index in [-0.39, 0.29) is 23.8 Å². The minimum absolute atomic E-state index is 0.0737. The van der Waals surface area contributed by atoms with Gasteiger partial charge in [-0.05, 0) is 74.3 Å². The number of amides is 2. The van der Waals surface area contributed by atoms with E-state index in [4.69, 9.17) is 4.42 Å². The molecule has 2 atom stereocenters. The van der Waals surface area contributed by atoms with Crippen molar-refractivity contribution in [2.24, 2.45) is 5.92 Å². The average molecular weight is 474 g/mol. The third kappa shape index (κ3) is 4.42. The van der Waals surface area contributed by atoms with Gasteiger partial charge in [-0.1, -0.05) is 44.2 Å². The van der Waals surface area contributed by atoms with Gasteiger partial charge in [0, 0.05) is 12.6 Å². The Morgan fingerprint density at radius 3 is 2.46 bits per heavy atom. The molecule has 0 radical (unpaired) electrons. The van der Waals surface area contributed by atoms with Crippen LogP contribution in [-0.4, -0.2) is 39.4 Å². The summed E-state index contributed by atoms with van der Waals surface area (Å²) in [7, 11) is 0. The highest BCUT2D eigenvalue weighted by Crippen LogP contribution is 2.35. The van der Waals surface area contributed by atoms with Crippen molar-refractivity contribution in [1.29, 1.82) is 0 Å². The second-order valence-electron chi connectivity index (χ2n) is 10.6. The zero-order chi connectivity index (χ0) is 24.6. The number of hydrogen-bond donors (Lipinski definition) is 1. The minimum atomic E-state index is -1.02. The minimum Gasteiger partial charge on any atom is -0.463 e. The molecule has 5 rings (SSSR count). The van der Waals surface area contributed by atoms with E-state index in [9.17, 15) is 9.59 Å². The predicted octanol–water partition coefficient (Wildman–Crippen LogP) is 5.46. The molecule has 2 aliphatic rings. The third-order valence-electron chi connectivity index (χ3n) is 7.95. The van der Waals surface area contributed by atoms with Crippen molar-refractivity contribution in [3.8, 4) is 11.5 Å². The molecule has 3 heterocycles. The molecule has 1 aromatic carbocycles. The first kappa shape index (κ1) is 23.5. The molecule has 6 heteroatoms. The van der Waals surface area contributed by atoms with Gasteiger partial charge in [0.25, 0.3) is 5.91 Å². The van der Waals surface area contributed by atoms with Crippen LogP contribution in [-0.2, 0) is 11.3 Å². The Morgan fingerprint density at radius 1 is 1.06 bits per heavy atom. The van der Waals surface area contributed by atoms with E-state index in [1.807, 2.05) is 54.0 Å². The van der Waals surface area contributed by atoms with Gasteiger partial charge in [-0.3, -0.25) is 9.59 Å². The molecule has 1 aliphatic carbocycles. The fraction of sp³-hybridized carbons (Fsp3) is 0.448. The highest BCUT2D eigenvalue weighted by atomic mass is 16.3. The molecule has 3 aromatic rings. The number of carbonyl (C=O) groups is 2. The molecule has 0 saturated heterocycles. The van der Waals surface area contributed by atoms with Gasteiger partial charge in [-0.15, -0.1) is 0 Å². The molecule has 1 fully saturated rings. The molecule has 184 valence electrons. The van der Waals surface area contributed by atoms with Crippen LogP contribution in [0.15, 0.2) is 65.3 Å². The van der Waals surface area contributed by atoms with Crippen molar-refractivity contribution in [3.05, 3.63) is 72.1 Å². The summed E-state index contributed by atoms with van der Waals surface area (Å²) in [4.78, 5) is 29.6. The second kappa shape index (κ2) is 9.40. The quantitative estimate of drug-likeness (QED) is 0.517. The van der Waals surface area contributed by atoms with Crippen molar-refractivity contribution < 1.29 is 14.0 Å². The number of aromatic nitrogens is 1. The highest BCUT2D eigenvalue weighted by molar-refractivity contribution is 6.00. The predicted molar refractivity (Wildman–Crippen MR) is 136 cm³/mol. The third-order valence-corrected chi connectivity index (χ3v) is 7.95. The molecule has 6 nitrogen and oxygen atoms in total. The monoisotopic (exact) mass is 473 g/mol. The fourth-order valence-electron chi connectivity index (χ4n) is 5.60. The molecule has 1 saturated carbocycles. The molecule has 1 aliphatic heterocycles. The normalized spacial score (nSPS) is 25.2. The first-order chi connectivity index (χ1) is 16.9. The van der Waals surface area contributed by atoms with E-state index in [0.717, 1.165) is 36.9 Å². The average Bonchev–Trinajstić information content (AvgIpc) is 3.53. The van der Waals surface area contributed by atoms with Crippen LogP contribution in [0.4, 0.5) is 0 Å². The maximum atomic E-state index is 13.9. The first-order valence-electron chi connectivity index (χ1n) is 12.8. The Kier molecular flexibility index (Phi) is 6.30. The molecule has 0 bridgehead atoms. The SMILES string of the molecule is CC1CCC(NC(=O)[C@]2(C)Cn3c(ccc3-c3ccco3)C(=O)N2C[C@H](C)c2ccccc2)CC1. The summed E-state index contributed by atoms with van der Waals surface area (Å²) >= 11 is 0. The highest BCUT2D eigenvalue weighted by Gasteiger charge is 2.48. The lowest BCUT2D eigenvalue weighted by Crippen LogP contribution is -2.65. The lowest BCUT2D eigenvalue weighted by atomic mass is 9.86. The maximum absolute atomic E-state index is 13.9. The maximum Gasteiger partial charge on any atom is 0.271 e. The van der Waals surface area contributed by atoms with E-state index in [0.29, 0.717) is 30.5 Å². The Morgan fingerprint density at radius 2 is 1.77 bits per heavy atom. The van der Waals surface area contributed by atoms with E-state index in [1.165, 1.54) is 0 Å². The lowest BCUT2D eigenvalue weighted by molar-refractivity contribution is -0.134. The van der Waals surface area contributed by atoms with Crippen LogP contribution in [0, 0.1) is 5.92 Å². The van der Waals surface area contributed by atoms with Crippen LogP contribution >= 0.6 is 0 Å². The van der Waals surface area contributed by atoms with Gasteiger partial charge in [0.15, 0.2) is 0 Å². The number of fused-ring (bicyclic) bond motifs is 1. The lowest BCUT2D eigenvalue weighted by Gasteiger charge is -2.46. The fourth-order valence-corrected chi connectivity index (χ4v) is 5.60. The van der Waals surface area contributed by atoms with E-state index >= 15 is 0 Å². The van der Waals surface area contributed by atoms with E-state index < -0.39 is 5.54 Å². The Balaban J connectivity index is 1.49. The smallest absolute Gasteiger partial charge is 0.271 e. The zero-order valence-electron chi connectivity index (χ0n) is 20.9. The Hall–Kier alpha value is -3.28. The largest absolute Gasteiger partial charge is 0.463 e. The number of hydrogen-bond acceptors (Lipinski definition) is 3. The molecule has 2 amide bonds. The summed E-state index contributed by atoms with van der Waals surface area (Å²) in [6.45, 7) is 7.16. The van der Waals surface area contributed by atoms with Gasteiger partial charge < -0.3 is 19.2 Å². The summed E-state index contributed by atoms with van der Waals surface area (Å²) < 4.78 is 7.59. The van der Waals surface area contributed by atoms with Crippen LogP contribution < -0.4 is 5.32 Å². The number of furan rings is 1. The summed E-state index contributed by atoms with van der Waals surface area (Å²) in [6.07, 6.45) is 5.86. The van der Waals surface area contributed by atoms with Crippen molar-refractivity contribution in [2.75, 3.05) is 6.54 Å². The summed E-state index contributed by atoms with van der Waals surface area (Å²) in [5, 5.41) is 3.32. The van der Waals surface area contributed by atoms with E-state index in [2.05, 4.69) is 31.3 Å². The van der Waals surface area contributed by atoms with Gasteiger partial charge in [0.05, 0.1) is 18.5 Å². The van der Waals surface area contributed by atoms with Crippen molar-refractivity contribution in [2.45, 2.75) is 70.5 Å². The Labute approximate surface area is 207 Å². The van der Waals surface area contributed by atoms with Gasteiger partial charge in [-0.25, -0.2) is 0 Å². The van der Waals surface area contributed by atoms with Crippen LogP contribution in [0.3, 0.4) is 0 Å².